The maximum atomic E-state index is 13.0. The SMILES string of the molecule is N#Cc1ccc2nc(N3CCC(C(=O)c4ccc(F)cc4)CC3)ccc2c1. The lowest BCUT2D eigenvalue weighted by atomic mass is 9.89. The third-order valence-corrected chi connectivity index (χ3v) is 5.12. The van der Waals surface area contributed by atoms with Gasteiger partial charge in [0.25, 0.3) is 0 Å². The van der Waals surface area contributed by atoms with Gasteiger partial charge in [-0.2, -0.15) is 5.26 Å². The first-order valence-corrected chi connectivity index (χ1v) is 9.00. The molecule has 0 radical (unpaired) electrons. The number of rotatable bonds is 3. The van der Waals surface area contributed by atoms with Crippen molar-refractivity contribution in [1.82, 2.24) is 4.98 Å². The smallest absolute Gasteiger partial charge is 0.166 e. The van der Waals surface area contributed by atoms with E-state index in [2.05, 4.69) is 11.0 Å². The third kappa shape index (κ3) is 3.52. The highest BCUT2D eigenvalue weighted by Crippen LogP contribution is 2.26. The van der Waals surface area contributed by atoms with E-state index in [1.54, 1.807) is 18.2 Å². The van der Waals surface area contributed by atoms with Gasteiger partial charge < -0.3 is 4.90 Å². The van der Waals surface area contributed by atoms with E-state index in [-0.39, 0.29) is 17.5 Å². The molecule has 4 rings (SSSR count). The van der Waals surface area contributed by atoms with Crippen molar-refractivity contribution in [2.45, 2.75) is 12.8 Å². The van der Waals surface area contributed by atoms with Crippen LogP contribution in [0.3, 0.4) is 0 Å². The number of piperidine rings is 1. The number of hydrogen-bond acceptors (Lipinski definition) is 4. The number of anilines is 1. The number of benzene rings is 2. The maximum Gasteiger partial charge on any atom is 0.166 e. The predicted octanol–water partition coefficient (Wildman–Crippen LogP) is 4.34. The fourth-order valence-electron chi connectivity index (χ4n) is 3.58. The molecular formula is C22H18FN3O. The van der Waals surface area contributed by atoms with Crippen LogP contribution in [-0.2, 0) is 0 Å². The topological polar surface area (TPSA) is 57.0 Å². The second-order valence-corrected chi connectivity index (χ2v) is 6.82. The van der Waals surface area contributed by atoms with Crippen molar-refractivity contribution in [1.29, 1.82) is 5.26 Å². The molecule has 0 unspecified atom stereocenters. The van der Waals surface area contributed by atoms with Gasteiger partial charge in [0.1, 0.15) is 11.6 Å². The van der Waals surface area contributed by atoms with Crippen molar-refractivity contribution in [2.24, 2.45) is 5.92 Å². The number of aromatic nitrogens is 1. The number of carbonyl (C=O) groups excluding carboxylic acids is 1. The monoisotopic (exact) mass is 359 g/mol. The number of fused-ring (bicyclic) bond motifs is 1. The summed E-state index contributed by atoms with van der Waals surface area (Å²) in [6, 6.07) is 17.3. The van der Waals surface area contributed by atoms with Gasteiger partial charge in [-0.05, 0) is 67.4 Å². The third-order valence-electron chi connectivity index (χ3n) is 5.12. The zero-order chi connectivity index (χ0) is 18.8. The summed E-state index contributed by atoms with van der Waals surface area (Å²) in [6.07, 6.45) is 1.51. The zero-order valence-electron chi connectivity index (χ0n) is 14.7. The molecule has 0 amide bonds. The van der Waals surface area contributed by atoms with Crippen molar-refractivity contribution in [3.8, 4) is 6.07 Å². The average Bonchev–Trinajstić information content (AvgIpc) is 2.73. The van der Waals surface area contributed by atoms with Crippen molar-refractivity contribution in [3.05, 3.63) is 71.5 Å². The molecule has 134 valence electrons. The minimum Gasteiger partial charge on any atom is -0.357 e. The van der Waals surface area contributed by atoms with Gasteiger partial charge in [0, 0.05) is 30.0 Å². The number of nitriles is 1. The van der Waals surface area contributed by atoms with E-state index in [1.165, 1.54) is 12.1 Å². The molecule has 0 saturated carbocycles. The molecule has 1 aromatic heterocycles. The molecule has 0 aliphatic carbocycles. The lowest BCUT2D eigenvalue weighted by Gasteiger charge is -2.32. The van der Waals surface area contributed by atoms with E-state index in [4.69, 9.17) is 10.2 Å². The second-order valence-electron chi connectivity index (χ2n) is 6.82. The lowest BCUT2D eigenvalue weighted by Crippen LogP contribution is -2.36. The van der Waals surface area contributed by atoms with E-state index in [9.17, 15) is 9.18 Å². The van der Waals surface area contributed by atoms with Crippen LogP contribution in [0.25, 0.3) is 10.9 Å². The van der Waals surface area contributed by atoms with Gasteiger partial charge in [-0.25, -0.2) is 9.37 Å². The van der Waals surface area contributed by atoms with Gasteiger partial charge in [0.05, 0.1) is 17.1 Å². The van der Waals surface area contributed by atoms with E-state index in [0.717, 1.165) is 42.7 Å². The Morgan fingerprint density at radius 1 is 1.07 bits per heavy atom. The molecule has 0 atom stereocenters. The number of halogens is 1. The van der Waals surface area contributed by atoms with Crippen LogP contribution < -0.4 is 4.90 Å². The lowest BCUT2D eigenvalue weighted by molar-refractivity contribution is 0.0900. The molecule has 5 heteroatoms. The summed E-state index contributed by atoms with van der Waals surface area (Å²) in [5.74, 6) is 0.612. The first kappa shape index (κ1) is 17.2. The van der Waals surface area contributed by atoms with Crippen molar-refractivity contribution >= 4 is 22.5 Å². The Morgan fingerprint density at radius 2 is 1.81 bits per heavy atom. The van der Waals surface area contributed by atoms with Crippen LogP contribution in [-0.4, -0.2) is 23.9 Å². The Hall–Kier alpha value is -3.26. The Kier molecular flexibility index (Phi) is 4.55. The molecule has 2 heterocycles. The van der Waals surface area contributed by atoms with E-state index < -0.39 is 0 Å². The molecule has 1 saturated heterocycles. The minimum absolute atomic E-state index is 0.0367. The van der Waals surface area contributed by atoms with Crippen LogP contribution in [0.4, 0.5) is 10.2 Å². The zero-order valence-corrected chi connectivity index (χ0v) is 14.7. The Bertz CT molecular complexity index is 1030. The van der Waals surface area contributed by atoms with Gasteiger partial charge in [-0.3, -0.25) is 4.79 Å². The van der Waals surface area contributed by atoms with E-state index in [1.807, 2.05) is 24.3 Å². The van der Waals surface area contributed by atoms with Crippen LogP contribution in [0.15, 0.2) is 54.6 Å². The molecule has 1 aliphatic heterocycles. The molecule has 0 spiro atoms. The molecular weight excluding hydrogens is 341 g/mol. The summed E-state index contributed by atoms with van der Waals surface area (Å²) < 4.78 is 13.0. The second kappa shape index (κ2) is 7.16. The Balaban J connectivity index is 1.46. The Morgan fingerprint density at radius 3 is 2.52 bits per heavy atom. The van der Waals surface area contributed by atoms with Crippen molar-refractivity contribution in [2.75, 3.05) is 18.0 Å². The standard InChI is InChI=1S/C22H18FN3O/c23-19-5-2-16(3-6-19)22(27)17-9-11-26(12-10-17)21-8-4-18-13-15(14-24)1-7-20(18)25-21/h1-8,13,17H,9-12H2. The highest BCUT2D eigenvalue weighted by atomic mass is 19.1. The quantitative estimate of drug-likeness (QED) is 0.653. The molecule has 0 N–H and O–H groups in total. The van der Waals surface area contributed by atoms with Crippen LogP contribution in [0.2, 0.25) is 0 Å². The van der Waals surface area contributed by atoms with Crippen molar-refractivity contribution in [3.63, 3.8) is 0 Å². The first-order valence-electron chi connectivity index (χ1n) is 9.00. The van der Waals surface area contributed by atoms with E-state index in [0.29, 0.717) is 11.1 Å². The summed E-state index contributed by atoms with van der Waals surface area (Å²) in [5.41, 5.74) is 2.06. The summed E-state index contributed by atoms with van der Waals surface area (Å²) in [5, 5.41) is 9.94. The maximum absolute atomic E-state index is 13.0. The van der Waals surface area contributed by atoms with Gasteiger partial charge in [0.2, 0.25) is 0 Å². The number of pyridine rings is 1. The van der Waals surface area contributed by atoms with Gasteiger partial charge in [-0.15, -0.1) is 0 Å². The normalized spacial score (nSPS) is 14.9. The van der Waals surface area contributed by atoms with Crippen LogP contribution >= 0.6 is 0 Å². The molecule has 4 nitrogen and oxygen atoms in total. The van der Waals surface area contributed by atoms with Crippen LogP contribution in [0.5, 0.6) is 0 Å². The summed E-state index contributed by atoms with van der Waals surface area (Å²) in [4.78, 5) is 19.5. The van der Waals surface area contributed by atoms with E-state index >= 15 is 0 Å². The summed E-state index contributed by atoms with van der Waals surface area (Å²) in [6.45, 7) is 1.51. The van der Waals surface area contributed by atoms with Gasteiger partial charge in [-0.1, -0.05) is 0 Å². The van der Waals surface area contributed by atoms with Gasteiger partial charge >= 0.3 is 0 Å². The molecule has 27 heavy (non-hydrogen) atoms. The fourth-order valence-corrected chi connectivity index (χ4v) is 3.58. The first-order chi connectivity index (χ1) is 13.1. The summed E-state index contributed by atoms with van der Waals surface area (Å²) >= 11 is 0. The average molecular weight is 359 g/mol. The molecule has 3 aromatic rings. The predicted molar refractivity (Wildman–Crippen MR) is 102 cm³/mol. The minimum atomic E-state index is -0.328. The number of ketones is 1. The molecule has 1 aliphatic rings. The number of Topliss-reactive ketones (excluding diaryl/α,β-unsaturated/α-hetero) is 1. The molecule has 1 fully saturated rings. The Labute approximate surface area is 156 Å². The van der Waals surface area contributed by atoms with Crippen molar-refractivity contribution < 1.29 is 9.18 Å². The molecule has 0 bridgehead atoms. The number of carbonyl (C=O) groups is 1. The number of nitrogens with zero attached hydrogens (tertiary/aromatic N) is 3. The highest BCUT2D eigenvalue weighted by molar-refractivity contribution is 5.98. The fraction of sp³-hybridized carbons (Fsp3) is 0.227. The number of hydrogen-bond donors (Lipinski definition) is 0. The largest absolute Gasteiger partial charge is 0.357 e. The van der Waals surface area contributed by atoms with Gasteiger partial charge in [0.15, 0.2) is 5.78 Å². The summed E-state index contributed by atoms with van der Waals surface area (Å²) in [7, 11) is 0. The highest BCUT2D eigenvalue weighted by Gasteiger charge is 2.26. The van der Waals surface area contributed by atoms with Crippen LogP contribution in [0.1, 0.15) is 28.8 Å². The van der Waals surface area contributed by atoms with Crippen LogP contribution in [0, 0.1) is 23.1 Å². The molecule has 2 aromatic carbocycles.